The summed E-state index contributed by atoms with van der Waals surface area (Å²) < 4.78 is 10.8. The van der Waals surface area contributed by atoms with Crippen LogP contribution in [0.3, 0.4) is 0 Å². The van der Waals surface area contributed by atoms with Gasteiger partial charge in [0.25, 0.3) is 5.91 Å². The molecule has 0 saturated carbocycles. The van der Waals surface area contributed by atoms with E-state index in [1.165, 1.54) is 24.4 Å². The third-order valence-electron chi connectivity index (χ3n) is 6.60. The average Bonchev–Trinajstić information content (AvgIpc) is 2.87. The largest absolute Gasteiger partial charge is 0.497 e. The molecule has 1 aromatic heterocycles. The minimum atomic E-state index is -1.26. The predicted molar refractivity (Wildman–Crippen MR) is 131 cm³/mol. The van der Waals surface area contributed by atoms with Gasteiger partial charge < -0.3 is 29.8 Å². The second-order valence-corrected chi connectivity index (χ2v) is 8.85. The Morgan fingerprint density at radius 3 is 2.74 bits per heavy atom. The van der Waals surface area contributed by atoms with Crippen molar-refractivity contribution in [2.45, 2.75) is 31.7 Å². The zero-order valence-electron chi connectivity index (χ0n) is 19.4. The molecule has 2 aliphatic heterocycles. The second kappa shape index (κ2) is 9.42. The molecule has 0 aliphatic carbocycles. The number of nitrogens with zero attached hydrogens (tertiary/aromatic N) is 1. The number of aliphatic hydroxyl groups excluding tert-OH is 1. The first-order valence-corrected chi connectivity index (χ1v) is 11.7. The van der Waals surface area contributed by atoms with Crippen molar-refractivity contribution in [2.24, 2.45) is 0 Å². The Balaban J connectivity index is 1.41. The molecular weight excluding hydrogens is 450 g/mol. The summed E-state index contributed by atoms with van der Waals surface area (Å²) in [6, 6.07) is 8.94. The van der Waals surface area contributed by atoms with E-state index in [9.17, 15) is 19.5 Å². The summed E-state index contributed by atoms with van der Waals surface area (Å²) in [7, 11) is 1.51. The highest BCUT2D eigenvalue weighted by Crippen LogP contribution is 2.39. The second-order valence-electron chi connectivity index (χ2n) is 8.85. The summed E-state index contributed by atoms with van der Waals surface area (Å²) in [5.74, 6) is -0.864. The molecule has 3 aromatic rings. The zero-order chi connectivity index (χ0) is 24.5. The lowest BCUT2D eigenvalue weighted by atomic mass is 9.90. The molecule has 1 atom stereocenters. The van der Waals surface area contributed by atoms with Crippen molar-refractivity contribution in [1.29, 1.82) is 0 Å². The lowest BCUT2D eigenvalue weighted by Gasteiger charge is -2.37. The number of rotatable bonds is 6. The van der Waals surface area contributed by atoms with Gasteiger partial charge in [0.1, 0.15) is 22.9 Å². The van der Waals surface area contributed by atoms with E-state index >= 15 is 0 Å². The lowest BCUT2D eigenvalue weighted by Crippen LogP contribution is -2.47. The number of ether oxygens (including phenoxy) is 1. The van der Waals surface area contributed by atoms with Gasteiger partial charge >= 0.3 is 5.63 Å². The molecule has 2 aliphatic rings. The Hall–Kier alpha value is -3.85. The number of fused-ring (bicyclic) bond motifs is 2. The topological polar surface area (TPSA) is 121 Å². The van der Waals surface area contributed by atoms with Gasteiger partial charge in [-0.05, 0) is 55.5 Å². The van der Waals surface area contributed by atoms with E-state index in [0.29, 0.717) is 22.4 Å². The zero-order valence-corrected chi connectivity index (χ0v) is 19.4. The van der Waals surface area contributed by atoms with Gasteiger partial charge in [0.05, 0.1) is 13.7 Å². The maximum atomic E-state index is 13.0. The summed E-state index contributed by atoms with van der Waals surface area (Å²) in [6.07, 6.45) is 3.80. The molecule has 9 heteroatoms. The van der Waals surface area contributed by atoms with Crippen LogP contribution in [0, 0.1) is 0 Å². The minimum absolute atomic E-state index is 0.208. The minimum Gasteiger partial charge on any atom is -0.497 e. The highest BCUT2D eigenvalue weighted by Gasteiger charge is 2.28. The van der Waals surface area contributed by atoms with Crippen LogP contribution in [-0.2, 0) is 17.6 Å². The maximum Gasteiger partial charge on any atom is 0.349 e. The van der Waals surface area contributed by atoms with E-state index in [2.05, 4.69) is 15.5 Å². The first kappa shape index (κ1) is 22.9. The number of nitrogens with one attached hydrogen (secondary N) is 2. The van der Waals surface area contributed by atoms with E-state index in [-0.39, 0.29) is 5.56 Å². The Morgan fingerprint density at radius 1 is 1.17 bits per heavy atom. The number of anilines is 2. The van der Waals surface area contributed by atoms with E-state index in [4.69, 9.17) is 9.15 Å². The number of hydrogen-bond acceptors (Lipinski definition) is 7. The summed E-state index contributed by atoms with van der Waals surface area (Å²) >= 11 is 0. The lowest BCUT2D eigenvalue weighted by molar-refractivity contribution is -0.118. The third kappa shape index (κ3) is 4.35. The number of carbonyl (C=O) groups excluding carboxylic acids is 2. The number of hydrogen-bond donors (Lipinski definition) is 3. The molecule has 0 spiro atoms. The molecule has 0 saturated heterocycles. The summed E-state index contributed by atoms with van der Waals surface area (Å²) in [5.41, 5.74) is 3.38. The van der Waals surface area contributed by atoms with Crippen LogP contribution < -0.4 is 25.9 Å². The molecule has 2 aromatic carbocycles. The van der Waals surface area contributed by atoms with Crippen molar-refractivity contribution in [1.82, 2.24) is 5.32 Å². The molecule has 1 unspecified atom stereocenters. The molecule has 35 heavy (non-hydrogen) atoms. The van der Waals surface area contributed by atoms with Crippen molar-refractivity contribution in [3.05, 3.63) is 63.5 Å². The van der Waals surface area contributed by atoms with E-state index in [1.807, 2.05) is 6.07 Å². The van der Waals surface area contributed by atoms with Crippen LogP contribution in [0.5, 0.6) is 5.75 Å². The van der Waals surface area contributed by atoms with Crippen LogP contribution in [0.1, 0.15) is 34.3 Å². The smallest absolute Gasteiger partial charge is 0.349 e. The monoisotopic (exact) mass is 477 g/mol. The first-order valence-electron chi connectivity index (χ1n) is 11.7. The number of amides is 2. The standard InChI is InChI=1S/C26H27N3O6/c1-34-18-7-2-6-17(13-18)27-25(32)21(14-30)28-24(31)20-12-16-11-15-5-3-9-29-10-4-8-19(22(15)29)23(16)35-26(20)33/h2,6-7,11-13,21,30H,3-5,8-10,14H2,1H3,(H,27,32)(H,28,31). The van der Waals surface area contributed by atoms with Crippen LogP contribution in [-0.4, -0.2) is 49.8 Å². The highest BCUT2D eigenvalue weighted by atomic mass is 16.5. The van der Waals surface area contributed by atoms with Crippen LogP contribution in [0.25, 0.3) is 11.0 Å². The molecule has 0 radical (unpaired) electrons. The van der Waals surface area contributed by atoms with Crippen LogP contribution in [0.2, 0.25) is 0 Å². The fraction of sp³-hybridized carbons (Fsp3) is 0.346. The van der Waals surface area contributed by atoms with Gasteiger partial charge in [-0.1, -0.05) is 6.07 Å². The fourth-order valence-electron chi connectivity index (χ4n) is 4.96. The van der Waals surface area contributed by atoms with Crippen molar-refractivity contribution < 1.29 is 23.8 Å². The molecule has 5 rings (SSSR count). The van der Waals surface area contributed by atoms with Gasteiger partial charge in [-0.15, -0.1) is 0 Å². The van der Waals surface area contributed by atoms with Gasteiger partial charge in [0.2, 0.25) is 5.91 Å². The Morgan fingerprint density at radius 2 is 1.97 bits per heavy atom. The number of aryl methyl sites for hydroxylation is 2. The van der Waals surface area contributed by atoms with Gasteiger partial charge in [0, 0.05) is 41.5 Å². The normalized spacial score (nSPS) is 15.3. The predicted octanol–water partition coefficient (Wildman–Crippen LogP) is 2.23. The number of aliphatic hydroxyl groups is 1. The van der Waals surface area contributed by atoms with Crippen molar-refractivity contribution in [3.63, 3.8) is 0 Å². The number of benzene rings is 2. The van der Waals surface area contributed by atoms with Crippen LogP contribution in [0.15, 0.2) is 45.6 Å². The van der Waals surface area contributed by atoms with Crippen molar-refractivity contribution in [2.75, 3.05) is 37.0 Å². The Kier molecular flexibility index (Phi) is 6.17. The molecule has 0 bridgehead atoms. The highest BCUT2D eigenvalue weighted by molar-refractivity contribution is 6.02. The maximum absolute atomic E-state index is 13.0. The van der Waals surface area contributed by atoms with Crippen LogP contribution in [0.4, 0.5) is 11.4 Å². The number of methoxy groups -OCH3 is 1. The van der Waals surface area contributed by atoms with Crippen molar-refractivity contribution >= 4 is 34.2 Å². The molecule has 9 nitrogen and oxygen atoms in total. The molecule has 0 fully saturated rings. The molecule has 3 N–H and O–H groups in total. The molecule has 2 amide bonds. The summed E-state index contributed by atoms with van der Waals surface area (Å²) in [4.78, 5) is 40.8. The third-order valence-corrected chi connectivity index (χ3v) is 6.60. The van der Waals surface area contributed by atoms with Gasteiger partial charge in [-0.25, -0.2) is 4.79 Å². The van der Waals surface area contributed by atoms with Gasteiger partial charge in [0.15, 0.2) is 0 Å². The number of carbonyl (C=O) groups is 2. The molecule has 3 heterocycles. The van der Waals surface area contributed by atoms with Gasteiger partial charge in [-0.2, -0.15) is 0 Å². The average molecular weight is 478 g/mol. The summed E-state index contributed by atoms with van der Waals surface area (Å²) in [6.45, 7) is 1.35. The quantitative estimate of drug-likeness (QED) is 0.466. The fourth-order valence-corrected chi connectivity index (χ4v) is 4.96. The van der Waals surface area contributed by atoms with Gasteiger partial charge in [-0.3, -0.25) is 9.59 Å². The summed E-state index contributed by atoms with van der Waals surface area (Å²) in [5, 5.41) is 15.5. The Bertz CT molecular complexity index is 1360. The van der Waals surface area contributed by atoms with Crippen molar-refractivity contribution in [3.8, 4) is 5.75 Å². The molecule has 182 valence electrons. The van der Waals surface area contributed by atoms with E-state index in [0.717, 1.165) is 44.3 Å². The SMILES string of the molecule is COc1cccc(NC(=O)C(CO)NC(=O)c2cc3cc4c5c(c3oc2=O)CCCN5CCC4)c1. The molecular formula is C26H27N3O6. The van der Waals surface area contributed by atoms with E-state index < -0.39 is 30.1 Å². The first-order chi connectivity index (χ1) is 17.0. The van der Waals surface area contributed by atoms with E-state index in [1.54, 1.807) is 24.3 Å². The van der Waals surface area contributed by atoms with Crippen LogP contribution >= 0.6 is 0 Å². The Labute approximate surface area is 201 Å².